The Morgan fingerprint density at radius 2 is 1.87 bits per heavy atom. The van der Waals surface area contributed by atoms with Crippen molar-refractivity contribution in [2.24, 2.45) is 0 Å². The monoisotopic (exact) mass is 337 g/mol. The van der Waals surface area contributed by atoms with Gasteiger partial charge in [-0.25, -0.2) is 4.39 Å². The van der Waals surface area contributed by atoms with E-state index in [0.29, 0.717) is 12.3 Å². The molecule has 2 rings (SSSR count). The van der Waals surface area contributed by atoms with Crippen LogP contribution < -0.4 is 14.8 Å². The first-order valence-corrected chi connectivity index (χ1v) is 7.39. The first kappa shape index (κ1) is 17.1. The van der Waals surface area contributed by atoms with Gasteiger partial charge in [0.2, 0.25) is 0 Å². The molecule has 4 nitrogen and oxygen atoms in total. The molecule has 0 spiro atoms. The lowest BCUT2D eigenvalue weighted by Crippen LogP contribution is -2.35. The van der Waals surface area contributed by atoms with Gasteiger partial charge in [0.15, 0.2) is 6.10 Å². The van der Waals surface area contributed by atoms with Gasteiger partial charge in [0.05, 0.1) is 12.1 Å². The summed E-state index contributed by atoms with van der Waals surface area (Å²) in [5.41, 5.74) is 0.941. The quantitative estimate of drug-likeness (QED) is 0.876. The smallest absolute Gasteiger partial charge is 0.261 e. The summed E-state index contributed by atoms with van der Waals surface area (Å²) >= 11 is 5.68. The summed E-state index contributed by atoms with van der Waals surface area (Å²) in [5.74, 6) is 0.283. The van der Waals surface area contributed by atoms with E-state index in [2.05, 4.69) is 5.32 Å². The van der Waals surface area contributed by atoms with Gasteiger partial charge in [-0.15, -0.1) is 0 Å². The number of methoxy groups -OCH3 is 1. The van der Waals surface area contributed by atoms with Crippen LogP contribution in [0.25, 0.3) is 0 Å². The second-order valence-corrected chi connectivity index (χ2v) is 5.31. The minimum atomic E-state index is -0.727. The van der Waals surface area contributed by atoms with Crippen molar-refractivity contribution >= 4 is 17.5 Å². The lowest BCUT2D eigenvalue weighted by atomic mass is 10.2. The molecule has 122 valence electrons. The predicted molar refractivity (Wildman–Crippen MR) is 86.3 cm³/mol. The SMILES string of the molecule is COc1ccc(CNC(=O)[C@H](C)Oc2ccc(F)c(Cl)c2)cc1. The van der Waals surface area contributed by atoms with E-state index in [1.54, 1.807) is 14.0 Å². The summed E-state index contributed by atoms with van der Waals surface area (Å²) in [6.07, 6.45) is -0.727. The Labute approximate surface area is 139 Å². The molecule has 0 radical (unpaired) electrons. The Balaban J connectivity index is 1.87. The van der Waals surface area contributed by atoms with Crippen molar-refractivity contribution in [3.63, 3.8) is 0 Å². The third-order valence-electron chi connectivity index (χ3n) is 3.20. The van der Waals surface area contributed by atoms with Crippen LogP contribution in [0.1, 0.15) is 12.5 Å². The average molecular weight is 338 g/mol. The van der Waals surface area contributed by atoms with Crippen LogP contribution in [0.4, 0.5) is 4.39 Å². The number of nitrogens with one attached hydrogen (secondary N) is 1. The van der Waals surface area contributed by atoms with E-state index in [4.69, 9.17) is 21.1 Å². The minimum Gasteiger partial charge on any atom is -0.497 e. The zero-order chi connectivity index (χ0) is 16.8. The van der Waals surface area contributed by atoms with Crippen LogP contribution in [0.2, 0.25) is 5.02 Å². The van der Waals surface area contributed by atoms with E-state index in [1.807, 2.05) is 24.3 Å². The van der Waals surface area contributed by atoms with Crippen LogP contribution >= 0.6 is 11.6 Å². The first-order valence-electron chi connectivity index (χ1n) is 7.02. The molecule has 0 aliphatic heterocycles. The van der Waals surface area contributed by atoms with Crippen molar-refractivity contribution in [3.05, 3.63) is 58.9 Å². The molecule has 0 saturated heterocycles. The lowest BCUT2D eigenvalue weighted by molar-refractivity contribution is -0.127. The summed E-state index contributed by atoms with van der Waals surface area (Å²) in [5, 5.41) is 2.72. The number of ether oxygens (including phenoxy) is 2. The maximum atomic E-state index is 13.1. The van der Waals surface area contributed by atoms with Crippen LogP contribution in [0, 0.1) is 5.82 Å². The van der Waals surface area contributed by atoms with Crippen molar-refractivity contribution in [1.29, 1.82) is 0 Å². The summed E-state index contributed by atoms with van der Waals surface area (Å²) < 4.78 is 23.6. The topological polar surface area (TPSA) is 47.6 Å². The van der Waals surface area contributed by atoms with Gasteiger partial charge in [0.1, 0.15) is 17.3 Å². The Morgan fingerprint density at radius 3 is 2.48 bits per heavy atom. The standard InChI is InChI=1S/C17H17ClFNO3/c1-11(23-14-7-8-16(19)15(18)9-14)17(21)20-10-12-3-5-13(22-2)6-4-12/h3-9,11H,10H2,1-2H3,(H,20,21)/t11-/m0/s1. The van der Waals surface area contributed by atoms with Crippen molar-refractivity contribution in [2.75, 3.05) is 7.11 Å². The molecule has 2 aromatic carbocycles. The maximum absolute atomic E-state index is 13.1. The number of carbonyl (C=O) groups excluding carboxylic acids is 1. The number of amides is 1. The highest BCUT2D eigenvalue weighted by Gasteiger charge is 2.15. The number of hydrogen-bond acceptors (Lipinski definition) is 3. The molecule has 0 saturated carbocycles. The van der Waals surface area contributed by atoms with Gasteiger partial charge >= 0.3 is 0 Å². The van der Waals surface area contributed by atoms with Crippen molar-refractivity contribution < 1.29 is 18.7 Å². The Morgan fingerprint density at radius 1 is 1.22 bits per heavy atom. The van der Waals surface area contributed by atoms with Gasteiger partial charge in [0, 0.05) is 12.6 Å². The van der Waals surface area contributed by atoms with Crippen LogP contribution in [-0.4, -0.2) is 19.1 Å². The molecule has 1 amide bonds. The Kier molecular flexibility index (Phi) is 5.82. The van der Waals surface area contributed by atoms with Crippen LogP contribution in [0.15, 0.2) is 42.5 Å². The second-order valence-electron chi connectivity index (χ2n) is 4.90. The van der Waals surface area contributed by atoms with E-state index in [-0.39, 0.29) is 10.9 Å². The molecule has 6 heteroatoms. The van der Waals surface area contributed by atoms with E-state index >= 15 is 0 Å². The summed E-state index contributed by atoms with van der Waals surface area (Å²) in [6.45, 7) is 1.99. The van der Waals surface area contributed by atoms with Crippen molar-refractivity contribution in [3.8, 4) is 11.5 Å². The Bertz CT molecular complexity index is 676. The lowest BCUT2D eigenvalue weighted by Gasteiger charge is -2.15. The van der Waals surface area contributed by atoms with E-state index < -0.39 is 11.9 Å². The molecule has 1 N–H and O–H groups in total. The van der Waals surface area contributed by atoms with Crippen LogP contribution in [0.5, 0.6) is 11.5 Å². The highest BCUT2D eigenvalue weighted by molar-refractivity contribution is 6.30. The zero-order valence-electron chi connectivity index (χ0n) is 12.8. The largest absolute Gasteiger partial charge is 0.497 e. The van der Waals surface area contributed by atoms with Gasteiger partial charge in [-0.2, -0.15) is 0 Å². The Hall–Kier alpha value is -2.27. The predicted octanol–water partition coefficient (Wildman–Crippen LogP) is 3.57. The van der Waals surface area contributed by atoms with Gasteiger partial charge in [-0.3, -0.25) is 4.79 Å². The number of hydrogen-bond donors (Lipinski definition) is 1. The molecule has 0 unspecified atom stereocenters. The van der Waals surface area contributed by atoms with E-state index in [1.165, 1.54) is 18.2 Å². The third kappa shape index (κ3) is 4.86. The normalized spacial score (nSPS) is 11.7. The van der Waals surface area contributed by atoms with Crippen LogP contribution in [-0.2, 0) is 11.3 Å². The highest BCUT2D eigenvalue weighted by Crippen LogP contribution is 2.22. The summed E-state index contributed by atoms with van der Waals surface area (Å²) in [4.78, 5) is 12.0. The van der Waals surface area contributed by atoms with Gasteiger partial charge in [-0.1, -0.05) is 23.7 Å². The molecule has 0 heterocycles. The fourth-order valence-electron chi connectivity index (χ4n) is 1.88. The highest BCUT2D eigenvalue weighted by atomic mass is 35.5. The number of halogens is 2. The molecular weight excluding hydrogens is 321 g/mol. The molecule has 0 aliphatic rings. The first-order chi connectivity index (χ1) is 11.0. The van der Waals surface area contributed by atoms with Crippen LogP contribution in [0.3, 0.4) is 0 Å². The molecule has 0 bridgehead atoms. The number of rotatable bonds is 6. The fraction of sp³-hybridized carbons (Fsp3) is 0.235. The molecule has 0 aliphatic carbocycles. The molecule has 23 heavy (non-hydrogen) atoms. The fourth-order valence-corrected chi connectivity index (χ4v) is 2.05. The van der Waals surface area contributed by atoms with Gasteiger partial charge in [-0.05, 0) is 36.8 Å². The summed E-state index contributed by atoms with van der Waals surface area (Å²) in [6, 6.07) is 11.3. The second kappa shape index (κ2) is 7.83. The van der Waals surface area contributed by atoms with Crippen molar-refractivity contribution in [2.45, 2.75) is 19.6 Å². The molecule has 0 fully saturated rings. The zero-order valence-corrected chi connectivity index (χ0v) is 13.6. The average Bonchev–Trinajstić information content (AvgIpc) is 2.56. The maximum Gasteiger partial charge on any atom is 0.261 e. The minimum absolute atomic E-state index is 0.0478. The van der Waals surface area contributed by atoms with E-state index in [9.17, 15) is 9.18 Å². The summed E-state index contributed by atoms with van der Waals surface area (Å²) in [7, 11) is 1.59. The van der Waals surface area contributed by atoms with E-state index in [0.717, 1.165) is 11.3 Å². The number of carbonyl (C=O) groups is 1. The van der Waals surface area contributed by atoms with Gasteiger partial charge in [0.25, 0.3) is 5.91 Å². The molecule has 2 aromatic rings. The number of benzene rings is 2. The molecule has 1 atom stereocenters. The molecular formula is C17H17ClFNO3. The molecule has 0 aromatic heterocycles. The van der Waals surface area contributed by atoms with Crippen molar-refractivity contribution in [1.82, 2.24) is 5.32 Å². The third-order valence-corrected chi connectivity index (χ3v) is 3.49. The van der Waals surface area contributed by atoms with Gasteiger partial charge < -0.3 is 14.8 Å².